The smallest absolute Gasteiger partial charge is 0.405 e. The zero-order chi connectivity index (χ0) is 27.1. The van der Waals surface area contributed by atoms with Crippen LogP contribution in [-0.4, -0.2) is 75.5 Å². The van der Waals surface area contributed by atoms with Crippen LogP contribution in [0.3, 0.4) is 0 Å². The molecule has 1 aliphatic heterocycles. The largest absolute Gasteiger partial charge is 0.483 e. The lowest BCUT2D eigenvalue weighted by molar-refractivity contribution is -0.123. The van der Waals surface area contributed by atoms with Gasteiger partial charge in [-0.05, 0) is 31.3 Å². The Balaban J connectivity index is 0.00000121. The summed E-state index contributed by atoms with van der Waals surface area (Å²) in [5.74, 6) is 6.07. The molecule has 0 radical (unpaired) electrons. The van der Waals surface area contributed by atoms with Gasteiger partial charge in [0.1, 0.15) is 17.8 Å². The molecule has 1 aromatic carbocycles. The fraction of sp³-hybridized carbons (Fsp3) is 0.320. The molecular formula is C25H26F3N5O4. The van der Waals surface area contributed by atoms with E-state index in [4.69, 9.17) is 9.90 Å². The van der Waals surface area contributed by atoms with E-state index in [1.807, 2.05) is 35.8 Å². The Bertz CT molecular complexity index is 1300. The monoisotopic (exact) mass is 517 g/mol. The van der Waals surface area contributed by atoms with Crippen LogP contribution in [0.5, 0.6) is 0 Å². The minimum absolute atomic E-state index is 0.250. The number of benzene rings is 1. The van der Waals surface area contributed by atoms with E-state index in [1.54, 1.807) is 29.7 Å². The van der Waals surface area contributed by atoms with E-state index in [2.05, 4.69) is 27.0 Å². The Labute approximate surface area is 210 Å². The van der Waals surface area contributed by atoms with Gasteiger partial charge in [0, 0.05) is 48.9 Å². The van der Waals surface area contributed by atoms with E-state index in [0.29, 0.717) is 24.2 Å². The SMILES string of the molecule is CN1CCC(O)(C#Cc2ccn3c(-c4cccc(NC(=O)NCC(F)(F)F)c4)cnc3c2)CC1.O=CO. The van der Waals surface area contributed by atoms with Crippen molar-refractivity contribution in [1.29, 1.82) is 0 Å². The molecule has 0 saturated carbocycles. The number of halogens is 3. The Hall–Kier alpha value is -4.08. The number of pyridine rings is 1. The molecule has 196 valence electrons. The first kappa shape index (κ1) is 27.5. The number of piperidine rings is 1. The van der Waals surface area contributed by atoms with Gasteiger partial charge in [0.05, 0.1) is 11.9 Å². The summed E-state index contributed by atoms with van der Waals surface area (Å²) in [6, 6.07) is 9.45. The highest BCUT2D eigenvalue weighted by atomic mass is 19.4. The van der Waals surface area contributed by atoms with Crippen molar-refractivity contribution in [1.82, 2.24) is 19.6 Å². The van der Waals surface area contributed by atoms with E-state index >= 15 is 0 Å². The molecule has 3 aromatic rings. The molecular weight excluding hydrogens is 491 g/mol. The van der Waals surface area contributed by atoms with E-state index in [0.717, 1.165) is 29.9 Å². The van der Waals surface area contributed by atoms with Crippen molar-refractivity contribution in [2.45, 2.75) is 24.6 Å². The van der Waals surface area contributed by atoms with Crippen LogP contribution in [0.2, 0.25) is 0 Å². The first-order valence-electron chi connectivity index (χ1n) is 11.2. The minimum Gasteiger partial charge on any atom is -0.483 e. The van der Waals surface area contributed by atoms with Gasteiger partial charge in [-0.25, -0.2) is 9.78 Å². The highest BCUT2D eigenvalue weighted by molar-refractivity contribution is 5.90. The summed E-state index contributed by atoms with van der Waals surface area (Å²) >= 11 is 0. The quantitative estimate of drug-likeness (QED) is 0.313. The predicted molar refractivity (Wildman–Crippen MR) is 131 cm³/mol. The lowest BCUT2D eigenvalue weighted by Crippen LogP contribution is -2.41. The second-order valence-electron chi connectivity index (χ2n) is 8.48. The molecule has 37 heavy (non-hydrogen) atoms. The first-order chi connectivity index (χ1) is 17.5. The zero-order valence-corrected chi connectivity index (χ0v) is 19.9. The predicted octanol–water partition coefficient (Wildman–Crippen LogP) is 3.19. The van der Waals surface area contributed by atoms with Crippen LogP contribution in [0.4, 0.5) is 23.7 Å². The lowest BCUT2D eigenvalue weighted by atomic mass is 9.92. The van der Waals surface area contributed by atoms with Gasteiger partial charge in [-0.3, -0.25) is 9.20 Å². The van der Waals surface area contributed by atoms with E-state index < -0.39 is 24.4 Å². The number of nitrogens with one attached hydrogen (secondary N) is 2. The molecule has 1 fully saturated rings. The topological polar surface area (TPSA) is 119 Å². The van der Waals surface area contributed by atoms with Crippen LogP contribution >= 0.6 is 0 Å². The second-order valence-corrected chi connectivity index (χ2v) is 8.48. The van der Waals surface area contributed by atoms with Crippen molar-refractivity contribution in [3.63, 3.8) is 0 Å². The summed E-state index contributed by atoms with van der Waals surface area (Å²) in [6.07, 6.45) is 0.204. The molecule has 0 unspecified atom stereocenters. The Morgan fingerprint density at radius 3 is 2.62 bits per heavy atom. The Morgan fingerprint density at radius 2 is 1.95 bits per heavy atom. The Morgan fingerprint density at radius 1 is 1.24 bits per heavy atom. The summed E-state index contributed by atoms with van der Waals surface area (Å²) in [5.41, 5.74) is 2.20. The number of alkyl halides is 3. The maximum atomic E-state index is 12.3. The average Bonchev–Trinajstić information content (AvgIpc) is 3.27. The highest BCUT2D eigenvalue weighted by Gasteiger charge is 2.29. The van der Waals surface area contributed by atoms with Gasteiger partial charge in [0.2, 0.25) is 0 Å². The molecule has 4 rings (SSSR count). The third-order valence-corrected chi connectivity index (χ3v) is 5.63. The standard InChI is InChI=1S/C24H24F3N5O2.CH2O2/c1-31-11-8-23(34,9-12-31)7-5-17-6-10-32-20(15-28-21(32)13-17)18-3-2-4-19(14-18)30-22(33)29-16-24(25,26)27;2-1-3/h2-4,6,10,13-15,34H,8-9,11-12,16H2,1H3,(H2,29,30,33);1H,(H,2,3). The van der Waals surface area contributed by atoms with Crippen LogP contribution < -0.4 is 10.6 Å². The second kappa shape index (κ2) is 11.8. The van der Waals surface area contributed by atoms with Crippen molar-refractivity contribution < 1.29 is 33.0 Å². The van der Waals surface area contributed by atoms with Crippen LogP contribution in [0, 0.1) is 11.8 Å². The number of anilines is 1. The van der Waals surface area contributed by atoms with Gasteiger partial charge >= 0.3 is 12.2 Å². The number of likely N-dealkylation sites (tertiary alicyclic amines) is 1. The molecule has 0 bridgehead atoms. The van der Waals surface area contributed by atoms with Gasteiger partial charge in [-0.1, -0.05) is 24.0 Å². The fourth-order valence-corrected chi connectivity index (χ4v) is 3.69. The number of fused-ring (bicyclic) bond motifs is 1. The molecule has 2 aromatic heterocycles. The van der Waals surface area contributed by atoms with Gasteiger partial charge in [-0.2, -0.15) is 13.2 Å². The average molecular weight is 518 g/mol. The molecule has 12 heteroatoms. The fourth-order valence-electron chi connectivity index (χ4n) is 3.69. The molecule has 1 saturated heterocycles. The third kappa shape index (κ3) is 7.96. The minimum atomic E-state index is -4.48. The Kier molecular flexibility index (Phi) is 8.75. The maximum absolute atomic E-state index is 12.3. The number of rotatable bonds is 3. The van der Waals surface area contributed by atoms with Crippen LogP contribution in [0.1, 0.15) is 18.4 Å². The molecule has 9 nitrogen and oxygen atoms in total. The van der Waals surface area contributed by atoms with Crippen molar-refractivity contribution >= 4 is 23.8 Å². The third-order valence-electron chi connectivity index (χ3n) is 5.63. The maximum Gasteiger partial charge on any atom is 0.405 e. The molecule has 3 heterocycles. The van der Waals surface area contributed by atoms with Crippen LogP contribution in [-0.2, 0) is 4.79 Å². The zero-order valence-electron chi connectivity index (χ0n) is 19.9. The summed E-state index contributed by atoms with van der Waals surface area (Å²) in [5, 5.41) is 21.7. The van der Waals surface area contributed by atoms with E-state index in [-0.39, 0.29) is 6.47 Å². The molecule has 0 spiro atoms. The highest BCUT2D eigenvalue weighted by Crippen LogP contribution is 2.25. The van der Waals surface area contributed by atoms with E-state index in [1.165, 1.54) is 0 Å². The molecule has 0 atom stereocenters. The van der Waals surface area contributed by atoms with Crippen molar-refractivity contribution in [2.24, 2.45) is 0 Å². The number of amides is 2. The van der Waals surface area contributed by atoms with E-state index in [9.17, 15) is 23.1 Å². The molecule has 4 N–H and O–H groups in total. The van der Waals surface area contributed by atoms with Gasteiger partial charge < -0.3 is 25.7 Å². The number of hydrogen-bond acceptors (Lipinski definition) is 5. The number of hydrogen-bond donors (Lipinski definition) is 4. The molecule has 0 aliphatic carbocycles. The number of carbonyl (C=O) groups excluding carboxylic acids is 1. The van der Waals surface area contributed by atoms with Crippen LogP contribution in [0.15, 0.2) is 48.8 Å². The number of aromatic nitrogens is 2. The van der Waals surface area contributed by atoms with Gasteiger partial charge in [0.25, 0.3) is 6.47 Å². The first-order valence-corrected chi connectivity index (χ1v) is 11.2. The van der Waals surface area contributed by atoms with Crippen molar-refractivity contribution in [3.05, 3.63) is 54.4 Å². The number of carbonyl (C=O) groups is 2. The van der Waals surface area contributed by atoms with Gasteiger partial charge in [0.15, 0.2) is 0 Å². The summed E-state index contributed by atoms with van der Waals surface area (Å²) in [6.45, 7) is -0.0665. The number of urea groups is 1. The number of imidazole rings is 1. The summed E-state index contributed by atoms with van der Waals surface area (Å²) < 4.78 is 38.7. The number of carboxylic acid groups (broad SMARTS) is 1. The summed E-state index contributed by atoms with van der Waals surface area (Å²) in [7, 11) is 2.02. The van der Waals surface area contributed by atoms with Crippen molar-refractivity contribution in [2.75, 3.05) is 32.0 Å². The van der Waals surface area contributed by atoms with Crippen LogP contribution in [0.25, 0.3) is 16.9 Å². The van der Waals surface area contributed by atoms with Crippen molar-refractivity contribution in [3.8, 4) is 23.1 Å². The number of aliphatic hydroxyl groups is 1. The lowest BCUT2D eigenvalue weighted by Gasteiger charge is -2.32. The molecule has 1 aliphatic rings. The summed E-state index contributed by atoms with van der Waals surface area (Å²) in [4.78, 5) is 26.7. The molecule has 2 amide bonds. The number of nitrogens with zero attached hydrogens (tertiary/aromatic N) is 3. The normalized spacial score (nSPS) is 15.1. The van der Waals surface area contributed by atoms with Gasteiger partial charge in [-0.15, -0.1) is 0 Å².